The summed E-state index contributed by atoms with van der Waals surface area (Å²) >= 11 is 0. The van der Waals surface area contributed by atoms with E-state index in [2.05, 4.69) is 20.8 Å². The van der Waals surface area contributed by atoms with Gasteiger partial charge in [0.2, 0.25) is 15.9 Å². The first-order chi connectivity index (χ1) is 13.6. The van der Waals surface area contributed by atoms with Gasteiger partial charge in [0, 0.05) is 37.9 Å². The summed E-state index contributed by atoms with van der Waals surface area (Å²) in [7, 11) is -3.69. The first kappa shape index (κ1) is 23.6. The zero-order valence-electron chi connectivity index (χ0n) is 18.3. The molecule has 164 valence electrons. The molecule has 2 rings (SSSR count). The molecule has 1 aliphatic heterocycles. The van der Waals surface area contributed by atoms with Crippen molar-refractivity contribution in [1.82, 2.24) is 13.8 Å². The number of hydrogen-bond acceptors (Lipinski definition) is 4. The minimum atomic E-state index is -3.69. The van der Waals surface area contributed by atoms with Gasteiger partial charge in [-0.1, -0.05) is 34.6 Å². The number of rotatable bonds is 7. The summed E-state index contributed by atoms with van der Waals surface area (Å²) in [6.45, 7) is 11.2. The van der Waals surface area contributed by atoms with Gasteiger partial charge in [-0.2, -0.15) is 4.31 Å². The second kappa shape index (κ2) is 9.89. The smallest absolute Gasteiger partial charge is 0.251 e. The Morgan fingerprint density at radius 2 is 1.83 bits per heavy atom. The van der Waals surface area contributed by atoms with Gasteiger partial charge < -0.3 is 9.47 Å². The monoisotopic (exact) mass is 425 g/mol. The van der Waals surface area contributed by atoms with Crippen molar-refractivity contribution >= 4 is 15.9 Å². The van der Waals surface area contributed by atoms with Crippen LogP contribution in [0, 0.1) is 11.8 Å². The molecule has 8 heteroatoms. The molecule has 2 unspecified atom stereocenters. The molecule has 1 saturated heterocycles. The minimum absolute atomic E-state index is 0.0403. The van der Waals surface area contributed by atoms with E-state index in [4.69, 9.17) is 0 Å². The van der Waals surface area contributed by atoms with Gasteiger partial charge in [-0.3, -0.25) is 9.59 Å². The third-order valence-electron chi connectivity index (χ3n) is 5.91. The summed E-state index contributed by atoms with van der Waals surface area (Å²) < 4.78 is 28.1. The zero-order chi connectivity index (χ0) is 21.8. The van der Waals surface area contributed by atoms with Gasteiger partial charge in [0.05, 0.1) is 4.90 Å². The van der Waals surface area contributed by atoms with E-state index < -0.39 is 10.0 Å². The molecule has 1 fully saturated rings. The van der Waals surface area contributed by atoms with Crippen LogP contribution in [0.5, 0.6) is 0 Å². The second-order valence-electron chi connectivity index (χ2n) is 8.29. The molecular formula is C21H35N3O4S. The third kappa shape index (κ3) is 5.48. The van der Waals surface area contributed by atoms with E-state index in [0.29, 0.717) is 31.5 Å². The Kier molecular flexibility index (Phi) is 8.05. The summed E-state index contributed by atoms with van der Waals surface area (Å²) in [5, 5.41) is 0. The highest BCUT2D eigenvalue weighted by Gasteiger charge is 2.30. The van der Waals surface area contributed by atoms with Gasteiger partial charge in [0.25, 0.3) is 5.56 Å². The molecule has 1 amide bonds. The SMILES string of the molecule is CCN(CC)S(=O)(=O)c1ccc(=O)n(CC(=O)N2CCC(C)CCC2C(C)C)c1. The number of hydrogen-bond donors (Lipinski definition) is 0. The van der Waals surface area contributed by atoms with Crippen LogP contribution in [0.15, 0.2) is 28.0 Å². The van der Waals surface area contributed by atoms with Crippen molar-refractivity contribution in [2.75, 3.05) is 19.6 Å². The lowest BCUT2D eigenvalue weighted by Gasteiger charge is -2.33. The molecule has 0 aliphatic carbocycles. The van der Waals surface area contributed by atoms with E-state index in [-0.39, 0.29) is 28.9 Å². The molecule has 0 radical (unpaired) electrons. The Morgan fingerprint density at radius 1 is 1.17 bits per heavy atom. The molecule has 0 saturated carbocycles. The maximum absolute atomic E-state index is 13.1. The lowest BCUT2D eigenvalue weighted by atomic mass is 9.95. The fourth-order valence-corrected chi connectivity index (χ4v) is 5.50. The van der Waals surface area contributed by atoms with Gasteiger partial charge in [-0.25, -0.2) is 8.42 Å². The highest BCUT2D eigenvalue weighted by atomic mass is 32.2. The molecular weight excluding hydrogens is 390 g/mol. The molecule has 0 N–H and O–H groups in total. The van der Waals surface area contributed by atoms with Crippen LogP contribution >= 0.6 is 0 Å². The van der Waals surface area contributed by atoms with Crippen molar-refractivity contribution in [2.45, 2.75) is 71.4 Å². The second-order valence-corrected chi connectivity index (χ2v) is 10.2. The average molecular weight is 426 g/mol. The normalized spacial score (nSPS) is 20.9. The molecule has 1 aliphatic rings. The third-order valence-corrected chi connectivity index (χ3v) is 7.95. The average Bonchev–Trinajstić information content (AvgIpc) is 2.86. The lowest BCUT2D eigenvalue weighted by molar-refractivity contribution is -0.135. The summed E-state index contributed by atoms with van der Waals surface area (Å²) in [4.78, 5) is 27.4. The van der Waals surface area contributed by atoms with Crippen molar-refractivity contribution in [3.8, 4) is 0 Å². The van der Waals surface area contributed by atoms with E-state index in [1.807, 2.05) is 4.90 Å². The largest absolute Gasteiger partial charge is 0.338 e. The van der Waals surface area contributed by atoms with Crippen LogP contribution in [-0.4, -0.2) is 53.8 Å². The number of carbonyl (C=O) groups is 1. The molecule has 1 aromatic heterocycles. The zero-order valence-corrected chi connectivity index (χ0v) is 19.1. The van der Waals surface area contributed by atoms with E-state index in [0.717, 1.165) is 19.3 Å². The molecule has 1 aromatic rings. The molecule has 2 heterocycles. The molecule has 7 nitrogen and oxygen atoms in total. The van der Waals surface area contributed by atoms with Gasteiger partial charge in [0.15, 0.2) is 0 Å². The van der Waals surface area contributed by atoms with Crippen LogP contribution in [0.25, 0.3) is 0 Å². The van der Waals surface area contributed by atoms with Crippen LogP contribution in [0.3, 0.4) is 0 Å². The summed E-state index contributed by atoms with van der Waals surface area (Å²) in [5.41, 5.74) is -0.374. The highest BCUT2D eigenvalue weighted by molar-refractivity contribution is 7.89. The maximum Gasteiger partial charge on any atom is 0.251 e. The molecule has 2 atom stereocenters. The minimum Gasteiger partial charge on any atom is -0.338 e. The molecule has 0 aromatic carbocycles. The quantitative estimate of drug-likeness (QED) is 0.672. The number of sulfonamides is 1. The van der Waals surface area contributed by atoms with Crippen LogP contribution in [0.2, 0.25) is 0 Å². The molecule has 0 spiro atoms. The number of aromatic nitrogens is 1. The van der Waals surface area contributed by atoms with E-state index in [1.54, 1.807) is 13.8 Å². The first-order valence-corrected chi connectivity index (χ1v) is 12.1. The molecule has 0 bridgehead atoms. The van der Waals surface area contributed by atoms with Crippen LogP contribution < -0.4 is 5.56 Å². The Bertz CT molecular complexity index is 859. The summed E-state index contributed by atoms with van der Waals surface area (Å²) in [6.07, 6.45) is 4.29. The van der Waals surface area contributed by atoms with E-state index >= 15 is 0 Å². The summed E-state index contributed by atoms with van der Waals surface area (Å²) in [6, 6.07) is 2.70. The fraction of sp³-hybridized carbons (Fsp3) is 0.714. The van der Waals surface area contributed by atoms with Crippen molar-refractivity contribution in [1.29, 1.82) is 0 Å². The van der Waals surface area contributed by atoms with Gasteiger partial charge >= 0.3 is 0 Å². The number of likely N-dealkylation sites (tertiary alicyclic amines) is 1. The van der Waals surface area contributed by atoms with E-state index in [1.165, 1.54) is 27.2 Å². The van der Waals surface area contributed by atoms with Crippen molar-refractivity contribution < 1.29 is 13.2 Å². The van der Waals surface area contributed by atoms with Crippen LogP contribution in [0.4, 0.5) is 0 Å². The Hall–Kier alpha value is -1.67. The van der Waals surface area contributed by atoms with Crippen LogP contribution in [0.1, 0.15) is 53.9 Å². The maximum atomic E-state index is 13.1. The number of pyridine rings is 1. The highest BCUT2D eigenvalue weighted by Crippen LogP contribution is 2.26. The van der Waals surface area contributed by atoms with Crippen molar-refractivity contribution in [3.05, 3.63) is 28.7 Å². The van der Waals surface area contributed by atoms with E-state index in [9.17, 15) is 18.0 Å². The van der Waals surface area contributed by atoms with Gasteiger partial charge in [0.1, 0.15) is 6.54 Å². The van der Waals surface area contributed by atoms with Gasteiger partial charge in [-0.05, 0) is 37.2 Å². The Morgan fingerprint density at radius 3 is 2.41 bits per heavy atom. The Labute approximate surface area is 174 Å². The number of nitrogens with zero attached hydrogens (tertiary/aromatic N) is 3. The lowest BCUT2D eigenvalue weighted by Crippen LogP contribution is -2.45. The predicted molar refractivity (Wildman–Crippen MR) is 114 cm³/mol. The number of carbonyl (C=O) groups excluding carboxylic acids is 1. The first-order valence-electron chi connectivity index (χ1n) is 10.6. The Balaban J connectivity index is 2.31. The standard InChI is InChI=1S/C21H35N3O4S/c1-6-23(7-2)29(27,28)18-9-11-20(25)22(14-18)15-21(26)24-13-12-17(5)8-10-19(24)16(3)4/h9,11,14,16-17,19H,6-8,10,12-13,15H2,1-5H3. The van der Waals surface area contributed by atoms with Crippen molar-refractivity contribution in [3.63, 3.8) is 0 Å². The summed E-state index contributed by atoms with van der Waals surface area (Å²) in [5.74, 6) is 0.770. The van der Waals surface area contributed by atoms with Crippen LogP contribution in [-0.2, 0) is 21.4 Å². The topological polar surface area (TPSA) is 79.7 Å². The van der Waals surface area contributed by atoms with Gasteiger partial charge in [-0.15, -0.1) is 0 Å². The fourth-order valence-electron chi connectivity index (χ4n) is 4.02. The predicted octanol–water partition coefficient (Wildman–Crippen LogP) is 2.55. The van der Waals surface area contributed by atoms with Crippen molar-refractivity contribution in [2.24, 2.45) is 11.8 Å². The number of amides is 1. The molecule has 29 heavy (non-hydrogen) atoms.